The van der Waals surface area contributed by atoms with Crippen LogP contribution in [-0.2, 0) is 10.1 Å². The average molecular weight is 383 g/mol. The molecule has 134 valence electrons. The van der Waals surface area contributed by atoms with Crippen molar-refractivity contribution in [1.29, 1.82) is 0 Å². The molecule has 0 unspecified atom stereocenters. The van der Waals surface area contributed by atoms with Crippen molar-refractivity contribution in [1.82, 2.24) is 0 Å². The minimum absolute atomic E-state index is 0. The first-order chi connectivity index (χ1) is 11.0. The largest absolute Gasteiger partial charge is 1.00 e. The Balaban J connectivity index is 0. The van der Waals surface area contributed by atoms with Crippen molar-refractivity contribution in [2.75, 3.05) is 12.4 Å². The predicted octanol–water partition coefficient (Wildman–Crippen LogP) is 1.76. The van der Waals surface area contributed by atoms with Crippen LogP contribution in [0.5, 0.6) is 5.75 Å². The van der Waals surface area contributed by atoms with Crippen molar-refractivity contribution in [3.05, 3.63) is 30.3 Å². The second-order valence-electron chi connectivity index (χ2n) is 5.54. The van der Waals surface area contributed by atoms with Gasteiger partial charge in [-0.2, -0.15) is 0 Å². The molecule has 1 aromatic carbocycles. The molecule has 0 N–H and O–H groups in total. The summed E-state index contributed by atoms with van der Waals surface area (Å²) in [6.07, 6.45) is 9.76. The van der Waals surface area contributed by atoms with Gasteiger partial charge in [0.1, 0.15) is 5.75 Å². The van der Waals surface area contributed by atoms with Crippen LogP contribution in [-0.4, -0.2) is 25.3 Å². The van der Waals surface area contributed by atoms with E-state index in [4.69, 9.17) is 4.74 Å². The van der Waals surface area contributed by atoms with Gasteiger partial charge in [0.05, 0.1) is 16.7 Å². The van der Waals surface area contributed by atoms with Crippen molar-refractivity contribution < 1.29 is 69.1 Å². The Morgan fingerprint density at radius 2 is 1.42 bits per heavy atom. The molecule has 0 heterocycles. The summed E-state index contributed by atoms with van der Waals surface area (Å²) >= 11 is 0. The van der Waals surface area contributed by atoms with Crippen LogP contribution in [0.2, 0.25) is 0 Å². The molecule has 0 fully saturated rings. The SMILES string of the molecule is CCCCCCCCCOc1ccccc1.CCCS(=O)(=O)[O-].[K+]. The zero-order valence-electron chi connectivity index (χ0n) is 15.5. The molecule has 0 atom stereocenters. The first-order valence-electron chi connectivity index (χ1n) is 8.61. The molecule has 0 saturated heterocycles. The van der Waals surface area contributed by atoms with E-state index in [0.717, 1.165) is 12.4 Å². The minimum Gasteiger partial charge on any atom is -0.748 e. The van der Waals surface area contributed by atoms with Crippen molar-refractivity contribution in [2.24, 2.45) is 0 Å². The molecule has 0 aromatic heterocycles. The molecule has 24 heavy (non-hydrogen) atoms. The van der Waals surface area contributed by atoms with E-state index in [9.17, 15) is 13.0 Å². The topological polar surface area (TPSA) is 66.4 Å². The summed E-state index contributed by atoms with van der Waals surface area (Å²) in [7, 11) is -3.92. The molecule has 0 aliphatic rings. The van der Waals surface area contributed by atoms with Gasteiger partial charge in [-0.05, 0) is 25.0 Å². The molecular formula is C18H31KO4S. The van der Waals surface area contributed by atoms with Crippen molar-refractivity contribution in [3.8, 4) is 5.75 Å². The molecule has 0 aliphatic heterocycles. The number of unbranched alkanes of at least 4 members (excludes halogenated alkanes) is 6. The van der Waals surface area contributed by atoms with Gasteiger partial charge in [0, 0.05) is 5.75 Å². The molecule has 0 amide bonds. The smallest absolute Gasteiger partial charge is 0.748 e. The number of para-hydroxylation sites is 1. The van der Waals surface area contributed by atoms with Gasteiger partial charge in [-0.15, -0.1) is 0 Å². The molecule has 0 spiro atoms. The Kier molecular flexibility index (Phi) is 20.5. The van der Waals surface area contributed by atoms with Crippen LogP contribution in [0.1, 0.15) is 65.2 Å². The summed E-state index contributed by atoms with van der Waals surface area (Å²) in [5, 5.41) is 0. The van der Waals surface area contributed by atoms with Gasteiger partial charge < -0.3 is 9.29 Å². The Labute approximate surface area is 190 Å². The van der Waals surface area contributed by atoms with E-state index in [1.54, 1.807) is 6.92 Å². The zero-order valence-corrected chi connectivity index (χ0v) is 19.4. The predicted molar refractivity (Wildman–Crippen MR) is 94.8 cm³/mol. The van der Waals surface area contributed by atoms with Crippen LogP contribution in [0.3, 0.4) is 0 Å². The van der Waals surface area contributed by atoms with Gasteiger partial charge in [-0.25, -0.2) is 8.42 Å². The fraction of sp³-hybridized carbons (Fsp3) is 0.667. The molecule has 0 bridgehead atoms. The molecule has 6 heteroatoms. The third kappa shape index (κ3) is 20.6. The molecule has 4 nitrogen and oxygen atoms in total. The first-order valence-corrected chi connectivity index (χ1v) is 10.2. The average Bonchev–Trinajstić information content (AvgIpc) is 2.50. The fourth-order valence-corrected chi connectivity index (χ4v) is 2.52. The van der Waals surface area contributed by atoms with Gasteiger partial charge in [-0.1, -0.05) is 70.6 Å². The summed E-state index contributed by atoms with van der Waals surface area (Å²) in [4.78, 5) is 0. The summed E-state index contributed by atoms with van der Waals surface area (Å²) in [5.74, 6) is 0.751. The van der Waals surface area contributed by atoms with Crippen molar-refractivity contribution >= 4 is 10.1 Å². The number of rotatable bonds is 11. The minimum atomic E-state index is -3.92. The number of ether oxygens (including phenoxy) is 1. The zero-order chi connectivity index (χ0) is 17.4. The second-order valence-corrected chi connectivity index (χ2v) is 7.07. The Bertz CT molecular complexity index is 463. The molecule has 1 aromatic rings. The van der Waals surface area contributed by atoms with E-state index in [0.29, 0.717) is 6.42 Å². The molecule has 0 radical (unpaired) electrons. The van der Waals surface area contributed by atoms with E-state index in [-0.39, 0.29) is 57.1 Å². The van der Waals surface area contributed by atoms with Gasteiger partial charge in [-0.3, -0.25) is 0 Å². The first kappa shape index (κ1) is 26.8. The van der Waals surface area contributed by atoms with Crippen LogP contribution in [0.25, 0.3) is 0 Å². The number of hydrogen-bond acceptors (Lipinski definition) is 4. The van der Waals surface area contributed by atoms with E-state index in [2.05, 4.69) is 6.92 Å². The maximum Gasteiger partial charge on any atom is 1.00 e. The molecule has 0 saturated carbocycles. The normalized spacial score (nSPS) is 10.3. The van der Waals surface area contributed by atoms with Gasteiger partial charge in [0.25, 0.3) is 0 Å². The summed E-state index contributed by atoms with van der Waals surface area (Å²) in [6.45, 7) is 4.76. The maximum atomic E-state index is 9.68. The molecule has 1 rings (SSSR count). The third-order valence-electron chi connectivity index (χ3n) is 3.21. The molecule has 0 aliphatic carbocycles. The van der Waals surface area contributed by atoms with Crippen LogP contribution in [0.4, 0.5) is 0 Å². The van der Waals surface area contributed by atoms with Gasteiger partial charge >= 0.3 is 51.4 Å². The Morgan fingerprint density at radius 1 is 0.875 bits per heavy atom. The third-order valence-corrected chi connectivity index (χ3v) is 4.12. The van der Waals surface area contributed by atoms with Crippen molar-refractivity contribution in [3.63, 3.8) is 0 Å². The fourth-order valence-electron chi connectivity index (χ4n) is 2.02. The summed E-state index contributed by atoms with van der Waals surface area (Å²) in [6, 6.07) is 10.1. The summed E-state index contributed by atoms with van der Waals surface area (Å²) < 4.78 is 34.7. The maximum absolute atomic E-state index is 9.68. The van der Waals surface area contributed by atoms with Crippen LogP contribution in [0, 0.1) is 0 Å². The number of benzene rings is 1. The van der Waals surface area contributed by atoms with Crippen molar-refractivity contribution in [2.45, 2.75) is 65.2 Å². The Hall–Kier alpha value is 0.566. The molecular weight excluding hydrogens is 351 g/mol. The second kappa shape index (κ2) is 18.4. The van der Waals surface area contributed by atoms with Gasteiger partial charge in [0.15, 0.2) is 0 Å². The van der Waals surface area contributed by atoms with E-state index in [1.807, 2.05) is 30.3 Å². The van der Waals surface area contributed by atoms with Gasteiger partial charge in [0.2, 0.25) is 0 Å². The van der Waals surface area contributed by atoms with E-state index in [1.165, 1.54) is 44.9 Å². The van der Waals surface area contributed by atoms with E-state index >= 15 is 0 Å². The van der Waals surface area contributed by atoms with Crippen LogP contribution < -0.4 is 56.1 Å². The monoisotopic (exact) mass is 382 g/mol. The van der Waals surface area contributed by atoms with Crippen LogP contribution in [0.15, 0.2) is 30.3 Å². The van der Waals surface area contributed by atoms with Crippen LogP contribution >= 0.6 is 0 Å². The Morgan fingerprint density at radius 3 is 1.88 bits per heavy atom. The number of hydrogen-bond donors (Lipinski definition) is 0. The van der Waals surface area contributed by atoms with E-state index < -0.39 is 10.1 Å². The quantitative estimate of drug-likeness (QED) is 0.332. The standard InChI is InChI=1S/C15H24O.C3H8O3S.K/c1-2-3-4-5-6-7-11-14-16-15-12-9-8-10-13-15;1-2-3-7(4,5)6;/h8-10,12-13H,2-7,11,14H2,1H3;2-3H2,1H3,(H,4,5,6);/q;;+1/p-1. The summed E-state index contributed by atoms with van der Waals surface area (Å²) in [5.41, 5.74) is 0.